The molecule has 0 aliphatic carbocycles. The third-order valence-corrected chi connectivity index (χ3v) is 5.87. The molecule has 3 heterocycles. The van der Waals surface area contributed by atoms with E-state index in [0.717, 1.165) is 48.5 Å². The van der Waals surface area contributed by atoms with Gasteiger partial charge in [0.15, 0.2) is 5.65 Å². The molecule has 0 atom stereocenters. The number of para-hydroxylation sites is 1. The van der Waals surface area contributed by atoms with Crippen LogP contribution in [0.5, 0.6) is 0 Å². The van der Waals surface area contributed by atoms with E-state index < -0.39 is 11.7 Å². The molecule has 9 heteroatoms. The van der Waals surface area contributed by atoms with Crippen LogP contribution in [0.15, 0.2) is 48.5 Å². The van der Waals surface area contributed by atoms with Crippen LogP contribution in [0.1, 0.15) is 29.8 Å². The van der Waals surface area contributed by atoms with Gasteiger partial charge in [0.05, 0.1) is 11.1 Å². The number of anilines is 1. The molecule has 5 rings (SSSR count). The normalized spacial score (nSPS) is 16.1. The Morgan fingerprint density at radius 2 is 1.81 bits per heavy atom. The third-order valence-electron chi connectivity index (χ3n) is 5.87. The number of rotatable bonds is 4. The van der Waals surface area contributed by atoms with E-state index in [0.29, 0.717) is 23.9 Å². The molecule has 1 N–H and O–H groups in total. The first kappa shape index (κ1) is 20.7. The second-order valence-corrected chi connectivity index (χ2v) is 8.24. The number of fused-ring (bicyclic) bond motifs is 3. The van der Waals surface area contributed by atoms with Crippen LogP contribution < -0.4 is 5.32 Å². The smallest absolute Gasteiger partial charge is 0.351 e. The van der Waals surface area contributed by atoms with Crippen molar-refractivity contribution in [1.29, 1.82) is 0 Å². The van der Waals surface area contributed by atoms with Gasteiger partial charge in [-0.2, -0.15) is 17.7 Å². The number of alkyl halides is 3. The Labute approximate surface area is 183 Å². The maximum atomic E-state index is 13.0. The third kappa shape index (κ3) is 4.12. The number of halogens is 3. The summed E-state index contributed by atoms with van der Waals surface area (Å²) in [6.07, 6.45) is -2.59. The molecule has 1 saturated heterocycles. The van der Waals surface area contributed by atoms with Gasteiger partial charge < -0.3 is 5.32 Å². The van der Waals surface area contributed by atoms with Gasteiger partial charge in [0.2, 0.25) is 5.95 Å². The minimum absolute atomic E-state index is 0.203. The highest BCUT2D eigenvalue weighted by atomic mass is 19.4. The van der Waals surface area contributed by atoms with Gasteiger partial charge in [-0.15, -0.1) is 5.10 Å². The van der Waals surface area contributed by atoms with Crippen molar-refractivity contribution in [2.45, 2.75) is 38.5 Å². The van der Waals surface area contributed by atoms with Crippen LogP contribution >= 0.6 is 0 Å². The fraction of sp³-hybridized carbons (Fsp3) is 0.348. The number of nitrogens with zero attached hydrogens (tertiary/aromatic N) is 5. The van der Waals surface area contributed by atoms with Crippen molar-refractivity contribution >= 4 is 22.5 Å². The van der Waals surface area contributed by atoms with E-state index in [-0.39, 0.29) is 6.04 Å². The molecule has 1 aliphatic heterocycles. The molecule has 1 fully saturated rings. The Kier molecular flexibility index (Phi) is 5.21. The number of likely N-dealkylation sites (tertiary alicyclic amines) is 1. The zero-order chi connectivity index (χ0) is 22.3. The summed E-state index contributed by atoms with van der Waals surface area (Å²) in [5, 5.41) is 8.98. The maximum absolute atomic E-state index is 13.0. The number of aryl methyl sites for hydroxylation is 1. The lowest BCUT2D eigenvalue weighted by molar-refractivity contribution is -0.137. The quantitative estimate of drug-likeness (QED) is 0.499. The number of benzene rings is 2. The molecule has 1 aliphatic rings. The zero-order valence-corrected chi connectivity index (χ0v) is 17.6. The van der Waals surface area contributed by atoms with Gasteiger partial charge in [-0.25, -0.2) is 9.97 Å². The van der Waals surface area contributed by atoms with E-state index >= 15 is 0 Å². The predicted molar refractivity (Wildman–Crippen MR) is 116 cm³/mol. The van der Waals surface area contributed by atoms with E-state index in [1.807, 2.05) is 31.2 Å². The van der Waals surface area contributed by atoms with Gasteiger partial charge in [-0.3, -0.25) is 4.90 Å². The zero-order valence-electron chi connectivity index (χ0n) is 17.6. The van der Waals surface area contributed by atoms with Crippen LogP contribution in [0.25, 0.3) is 16.6 Å². The second kappa shape index (κ2) is 8.05. The number of hydrogen-bond acceptors (Lipinski definition) is 5. The molecule has 0 spiro atoms. The van der Waals surface area contributed by atoms with Gasteiger partial charge >= 0.3 is 6.18 Å². The van der Waals surface area contributed by atoms with Crippen LogP contribution in [0.4, 0.5) is 19.1 Å². The van der Waals surface area contributed by atoms with E-state index in [1.165, 1.54) is 12.1 Å². The summed E-state index contributed by atoms with van der Waals surface area (Å²) in [5.74, 6) is 1.35. The Balaban J connectivity index is 1.28. The predicted octanol–water partition coefficient (Wildman–Crippen LogP) is 4.68. The summed E-state index contributed by atoms with van der Waals surface area (Å²) in [4.78, 5) is 11.5. The molecule has 0 radical (unpaired) electrons. The topological polar surface area (TPSA) is 58.4 Å². The van der Waals surface area contributed by atoms with Gasteiger partial charge in [-0.1, -0.05) is 30.3 Å². The largest absolute Gasteiger partial charge is 0.416 e. The summed E-state index contributed by atoms with van der Waals surface area (Å²) in [5.41, 5.74) is 1.72. The molecule has 0 unspecified atom stereocenters. The molecule has 166 valence electrons. The standard InChI is InChI=1S/C23H23F3N6/c1-15-27-21-19-7-2-3-8-20(19)29-22(32(21)30-15)28-18-9-11-31(12-10-18)14-16-5-4-6-17(13-16)23(24,25)26/h2-8,13,18H,9-12,14H2,1H3,(H,28,29). The van der Waals surface area contributed by atoms with Crippen molar-refractivity contribution in [3.8, 4) is 0 Å². The lowest BCUT2D eigenvalue weighted by Crippen LogP contribution is -2.39. The average Bonchev–Trinajstić information content (AvgIpc) is 3.17. The molecule has 32 heavy (non-hydrogen) atoms. The molecule has 4 aromatic rings. The van der Waals surface area contributed by atoms with Crippen molar-refractivity contribution in [3.05, 3.63) is 65.5 Å². The lowest BCUT2D eigenvalue weighted by Gasteiger charge is -2.32. The Bertz CT molecular complexity index is 1260. The van der Waals surface area contributed by atoms with Crippen molar-refractivity contribution in [2.75, 3.05) is 18.4 Å². The summed E-state index contributed by atoms with van der Waals surface area (Å²) in [6.45, 7) is 3.96. The van der Waals surface area contributed by atoms with Gasteiger partial charge in [0.25, 0.3) is 0 Å². The molecule has 0 bridgehead atoms. The first-order valence-corrected chi connectivity index (χ1v) is 10.6. The van der Waals surface area contributed by atoms with E-state index in [2.05, 4.69) is 20.3 Å². The van der Waals surface area contributed by atoms with Crippen LogP contribution in [-0.2, 0) is 12.7 Å². The van der Waals surface area contributed by atoms with Crippen LogP contribution in [0.2, 0.25) is 0 Å². The molecule has 6 nitrogen and oxygen atoms in total. The van der Waals surface area contributed by atoms with Crippen LogP contribution in [0.3, 0.4) is 0 Å². The monoisotopic (exact) mass is 440 g/mol. The Hall–Kier alpha value is -3.20. The highest BCUT2D eigenvalue weighted by Gasteiger charge is 2.30. The molecule has 0 amide bonds. The van der Waals surface area contributed by atoms with Gasteiger partial charge in [-0.05, 0) is 43.5 Å². The fourth-order valence-corrected chi connectivity index (χ4v) is 4.27. The van der Waals surface area contributed by atoms with Crippen molar-refractivity contribution < 1.29 is 13.2 Å². The number of aromatic nitrogens is 4. The van der Waals surface area contributed by atoms with E-state index in [1.54, 1.807) is 10.6 Å². The van der Waals surface area contributed by atoms with E-state index in [9.17, 15) is 13.2 Å². The average molecular weight is 440 g/mol. The first-order chi connectivity index (χ1) is 15.4. The highest BCUT2D eigenvalue weighted by Crippen LogP contribution is 2.30. The van der Waals surface area contributed by atoms with Crippen LogP contribution in [-0.4, -0.2) is 43.6 Å². The molecular weight excluding hydrogens is 417 g/mol. The van der Waals surface area contributed by atoms with Crippen molar-refractivity contribution in [1.82, 2.24) is 24.5 Å². The molecule has 2 aromatic carbocycles. The summed E-state index contributed by atoms with van der Waals surface area (Å²) in [6, 6.07) is 13.6. The minimum Gasteiger partial charge on any atom is -0.351 e. The van der Waals surface area contributed by atoms with Gasteiger partial charge in [0, 0.05) is 31.1 Å². The van der Waals surface area contributed by atoms with Gasteiger partial charge in [0.1, 0.15) is 5.82 Å². The SMILES string of the molecule is Cc1nc2c3ccccc3nc(NC3CCN(Cc4cccc(C(F)(F)F)c4)CC3)n2n1. The fourth-order valence-electron chi connectivity index (χ4n) is 4.27. The summed E-state index contributed by atoms with van der Waals surface area (Å²) >= 11 is 0. The number of piperidine rings is 1. The molecule has 0 saturated carbocycles. The minimum atomic E-state index is -4.31. The number of nitrogens with one attached hydrogen (secondary N) is 1. The summed E-state index contributed by atoms with van der Waals surface area (Å²) in [7, 11) is 0. The lowest BCUT2D eigenvalue weighted by atomic mass is 10.0. The molecule has 2 aromatic heterocycles. The first-order valence-electron chi connectivity index (χ1n) is 10.6. The van der Waals surface area contributed by atoms with Crippen molar-refractivity contribution in [3.63, 3.8) is 0 Å². The van der Waals surface area contributed by atoms with Crippen molar-refractivity contribution in [2.24, 2.45) is 0 Å². The molecular formula is C23H23F3N6. The second-order valence-electron chi connectivity index (χ2n) is 8.24. The Morgan fingerprint density at radius 1 is 1.03 bits per heavy atom. The Morgan fingerprint density at radius 3 is 2.59 bits per heavy atom. The maximum Gasteiger partial charge on any atom is 0.416 e. The number of hydrogen-bond donors (Lipinski definition) is 1. The highest BCUT2D eigenvalue weighted by molar-refractivity contribution is 5.92. The van der Waals surface area contributed by atoms with Crippen LogP contribution in [0, 0.1) is 6.92 Å². The van der Waals surface area contributed by atoms with E-state index in [4.69, 9.17) is 4.98 Å². The summed E-state index contributed by atoms with van der Waals surface area (Å²) < 4.78 is 40.7.